The topological polar surface area (TPSA) is 64.1 Å². The minimum Gasteiger partial charge on any atom is -0.477 e. The molecular weight excluding hydrogens is 278 g/mol. The van der Waals surface area contributed by atoms with Gasteiger partial charge in [-0.3, -0.25) is 9.78 Å². The molecule has 0 atom stereocenters. The first-order valence-electron chi connectivity index (χ1n) is 7.02. The summed E-state index contributed by atoms with van der Waals surface area (Å²) in [5.74, 6) is 0.0601. The van der Waals surface area contributed by atoms with Crippen molar-refractivity contribution in [2.75, 3.05) is 11.9 Å². The van der Waals surface area contributed by atoms with E-state index in [0.717, 1.165) is 10.9 Å². The number of hydrogen-bond acceptors (Lipinski definition) is 4. The molecule has 0 unspecified atom stereocenters. The summed E-state index contributed by atoms with van der Waals surface area (Å²) in [6.07, 6.45) is 3.23. The van der Waals surface area contributed by atoms with Crippen LogP contribution in [0.4, 0.5) is 5.69 Å². The highest BCUT2D eigenvalue weighted by Gasteiger charge is 2.13. The first kappa shape index (κ1) is 14.0. The molecule has 5 nitrogen and oxygen atoms in total. The number of nitrogens with one attached hydrogen (secondary N) is 1. The van der Waals surface area contributed by atoms with Gasteiger partial charge in [0.2, 0.25) is 5.88 Å². The van der Waals surface area contributed by atoms with E-state index in [9.17, 15) is 4.79 Å². The summed E-state index contributed by atoms with van der Waals surface area (Å²) in [6, 6.07) is 13.0. The fourth-order valence-electron chi connectivity index (χ4n) is 2.15. The van der Waals surface area contributed by atoms with Gasteiger partial charge in [0.1, 0.15) is 5.56 Å². The number of pyridine rings is 2. The minimum atomic E-state index is -0.270. The Balaban J connectivity index is 1.86. The molecule has 2 aromatic heterocycles. The molecule has 0 aliphatic heterocycles. The summed E-state index contributed by atoms with van der Waals surface area (Å²) in [7, 11) is 0. The average Bonchev–Trinajstić information content (AvgIpc) is 2.55. The Hall–Kier alpha value is -2.95. The van der Waals surface area contributed by atoms with Gasteiger partial charge in [-0.05, 0) is 31.2 Å². The number of rotatable bonds is 4. The highest BCUT2D eigenvalue weighted by atomic mass is 16.5. The summed E-state index contributed by atoms with van der Waals surface area (Å²) in [5.41, 5.74) is 1.92. The van der Waals surface area contributed by atoms with Crippen molar-refractivity contribution in [3.05, 3.63) is 60.4 Å². The zero-order chi connectivity index (χ0) is 15.4. The SMILES string of the molecule is CCOc1ncccc1C(=O)Nc1cnc2ccccc2c1. The lowest BCUT2D eigenvalue weighted by atomic mass is 10.2. The van der Waals surface area contributed by atoms with Crippen molar-refractivity contribution < 1.29 is 9.53 Å². The largest absolute Gasteiger partial charge is 0.477 e. The van der Waals surface area contributed by atoms with Crippen LogP contribution in [0.1, 0.15) is 17.3 Å². The summed E-state index contributed by atoms with van der Waals surface area (Å²) in [5, 5.41) is 3.80. The number of para-hydroxylation sites is 1. The summed E-state index contributed by atoms with van der Waals surface area (Å²) >= 11 is 0. The molecule has 0 saturated heterocycles. The van der Waals surface area contributed by atoms with E-state index < -0.39 is 0 Å². The Morgan fingerprint density at radius 2 is 2.05 bits per heavy atom. The Morgan fingerprint density at radius 3 is 2.91 bits per heavy atom. The Morgan fingerprint density at radius 1 is 1.18 bits per heavy atom. The van der Waals surface area contributed by atoms with Crippen LogP contribution in [0.15, 0.2) is 54.9 Å². The third-order valence-electron chi connectivity index (χ3n) is 3.15. The second kappa shape index (κ2) is 6.22. The van der Waals surface area contributed by atoms with Crippen LogP contribution >= 0.6 is 0 Å². The summed E-state index contributed by atoms with van der Waals surface area (Å²) in [4.78, 5) is 20.8. The molecule has 0 fully saturated rings. The first-order chi connectivity index (χ1) is 10.8. The van der Waals surface area contributed by atoms with Crippen LogP contribution in [0.2, 0.25) is 0 Å². The maximum absolute atomic E-state index is 12.4. The number of aromatic nitrogens is 2. The van der Waals surface area contributed by atoms with Crippen LogP contribution in [-0.2, 0) is 0 Å². The molecule has 5 heteroatoms. The number of fused-ring (bicyclic) bond motifs is 1. The Kier molecular flexibility index (Phi) is 3.96. The number of hydrogen-bond donors (Lipinski definition) is 1. The van der Waals surface area contributed by atoms with E-state index in [1.54, 1.807) is 24.5 Å². The van der Waals surface area contributed by atoms with E-state index in [1.807, 2.05) is 37.3 Å². The van der Waals surface area contributed by atoms with Crippen LogP contribution in [0, 0.1) is 0 Å². The summed E-state index contributed by atoms with van der Waals surface area (Å²) in [6.45, 7) is 2.30. The van der Waals surface area contributed by atoms with Gasteiger partial charge in [0.25, 0.3) is 5.91 Å². The molecule has 3 rings (SSSR count). The van der Waals surface area contributed by atoms with Gasteiger partial charge in [0, 0.05) is 11.6 Å². The van der Waals surface area contributed by atoms with Crippen LogP contribution in [0.5, 0.6) is 5.88 Å². The Labute approximate surface area is 128 Å². The zero-order valence-corrected chi connectivity index (χ0v) is 12.1. The van der Waals surface area contributed by atoms with Crippen molar-refractivity contribution in [3.63, 3.8) is 0 Å². The third kappa shape index (κ3) is 2.88. The van der Waals surface area contributed by atoms with Gasteiger partial charge in [-0.1, -0.05) is 18.2 Å². The van der Waals surface area contributed by atoms with Crippen molar-refractivity contribution in [1.82, 2.24) is 9.97 Å². The van der Waals surface area contributed by atoms with Gasteiger partial charge < -0.3 is 10.1 Å². The third-order valence-corrected chi connectivity index (χ3v) is 3.15. The number of anilines is 1. The molecule has 2 heterocycles. The smallest absolute Gasteiger partial charge is 0.261 e. The van der Waals surface area contributed by atoms with E-state index in [2.05, 4.69) is 15.3 Å². The molecule has 0 saturated carbocycles. The fraction of sp³-hybridized carbons (Fsp3) is 0.118. The van der Waals surface area contributed by atoms with Crippen molar-refractivity contribution in [3.8, 4) is 5.88 Å². The van der Waals surface area contributed by atoms with Crippen molar-refractivity contribution in [2.24, 2.45) is 0 Å². The number of nitrogens with zero attached hydrogens (tertiary/aromatic N) is 2. The van der Waals surface area contributed by atoms with E-state index in [-0.39, 0.29) is 5.91 Å². The number of ether oxygens (including phenoxy) is 1. The van der Waals surface area contributed by atoms with Crippen LogP contribution in [-0.4, -0.2) is 22.5 Å². The summed E-state index contributed by atoms with van der Waals surface area (Å²) < 4.78 is 5.38. The molecule has 22 heavy (non-hydrogen) atoms. The van der Waals surface area contributed by atoms with Crippen LogP contribution < -0.4 is 10.1 Å². The lowest BCUT2D eigenvalue weighted by Gasteiger charge is -2.09. The van der Waals surface area contributed by atoms with Crippen molar-refractivity contribution in [2.45, 2.75) is 6.92 Å². The van der Waals surface area contributed by atoms with Gasteiger partial charge in [-0.15, -0.1) is 0 Å². The van der Waals surface area contributed by atoms with Crippen LogP contribution in [0.25, 0.3) is 10.9 Å². The predicted molar refractivity (Wildman–Crippen MR) is 85.1 cm³/mol. The van der Waals surface area contributed by atoms with Gasteiger partial charge >= 0.3 is 0 Å². The monoisotopic (exact) mass is 293 g/mol. The lowest BCUT2D eigenvalue weighted by molar-refractivity contribution is 0.102. The number of benzene rings is 1. The zero-order valence-electron chi connectivity index (χ0n) is 12.1. The van der Waals surface area contributed by atoms with E-state index in [1.165, 1.54) is 0 Å². The van der Waals surface area contributed by atoms with E-state index in [0.29, 0.717) is 23.7 Å². The molecule has 0 bridgehead atoms. The lowest BCUT2D eigenvalue weighted by Crippen LogP contribution is -2.14. The molecule has 0 aliphatic rings. The van der Waals surface area contributed by atoms with Crippen molar-refractivity contribution >= 4 is 22.5 Å². The quantitative estimate of drug-likeness (QED) is 0.801. The maximum atomic E-state index is 12.4. The molecule has 1 aromatic carbocycles. The molecule has 3 aromatic rings. The second-order valence-electron chi connectivity index (χ2n) is 4.66. The highest BCUT2D eigenvalue weighted by Crippen LogP contribution is 2.19. The van der Waals surface area contributed by atoms with Gasteiger partial charge in [0.15, 0.2) is 0 Å². The van der Waals surface area contributed by atoms with Gasteiger partial charge in [-0.2, -0.15) is 0 Å². The molecule has 110 valence electrons. The standard InChI is InChI=1S/C17H15N3O2/c1-2-22-17-14(7-5-9-18-17)16(21)20-13-10-12-6-3-4-8-15(12)19-11-13/h3-11H,2H2,1H3,(H,20,21). The van der Waals surface area contributed by atoms with Gasteiger partial charge in [0.05, 0.1) is 24.0 Å². The minimum absolute atomic E-state index is 0.270. The molecule has 1 N–H and O–H groups in total. The fourth-order valence-corrected chi connectivity index (χ4v) is 2.15. The van der Waals surface area contributed by atoms with Gasteiger partial charge in [-0.25, -0.2) is 4.98 Å². The Bertz CT molecular complexity index is 818. The van der Waals surface area contributed by atoms with Crippen molar-refractivity contribution in [1.29, 1.82) is 0 Å². The van der Waals surface area contributed by atoms with Crippen LogP contribution in [0.3, 0.4) is 0 Å². The number of carbonyl (C=O) groups is 1. The van der Waals surface area contributed by atoms with E-state index in [4.69, 9.17) is 4.74 Å². The molecule has 0 aliphatic carbocycles. The molecule has 1 amide bonds. The molecule has 0 radical (unpaired) electrons. The number of carbonyl (C=O) groups excluding carboxylic acids is 1. The molecule has 0 spiro atoms. The first-order valence-corrected chi connectivity index (χ1v) is 7.02. The molecular formula is C17H15N3O2. The maximum Gasteiger partial charge on any atom is 0.261 e. The normalized spacial score (nSPS) is 10.4. The highest BCUT2D eigenvalue weighted by molar-refractivity contribution is 6.06. The second-order valence-corrected chi connectivity index (χ2v) is 4.66. The predicted octanol–water partition coefficient (Wildman–Crippen LogP) is 3.28. The van der Waals surface area contributed by atoms with E-state index >= 15 is 0 Å². The average molecular weight is 293 g/mol. The number of amides is 1.